The molecule has 4 fully saturated rings. The molecular weight excluding hydrogens is 246 g/mol. The van der Waals surface area contributed by atoms with Crippen LogP contribution in [0, 0.1) is 41.9 Å². The van der Waals surface area contributed by atoms with Crippen molar-refractivity contribution in [2.45, 2.75) is 44.9 Å². The van der Waals surface area contributed by atoms with Crippen molar-refractivity contribution in [3.05, 3.63) is 16.8 Å². The molecule has 4 aliphatic carbocycles. The summed E-state index contributed by atoms with van der Waals surface area (Å²) in [7, 11) is 2.05. The van der Waals surface area contributed by atoms with Gasteiger partial charge in [0.2, 0.25) is 0 Å². The Balaban J connectivity index is 1.81. The van der Waals surface area contributed by atoms with Crippen LogP contribution in [-0.2, 0) is 7.05 Å². The third kappa shape index (κ3) is 1.45. The van der Waals surface area contributed by atoms with Gasteiger partial charge in [0.15, 0.2) is 0 Å². The fourth-order valence-electron chi connectivity index (χ4n) is 5.86. The van der Waals surface area contributed by atoms with Crippen molar-refractivity contribution in [2.24, 2.45) is 30.7 Å². The molecular formula is C17H23N3. The molecule has 20 heavy (non-hydrogen) atoms. The molecule has 4 saturated carbocycles. The molecule has 0 saturated heterocycles. The second-order valence-corrected chi connectivity index (χ2v) is 7.40. The van der Waals surface area contributed by atoms with E-state index < -0.39 is 0 Å². The summed E-state index contributed by atoms with van der Waals surface area (Å²) >= 11 is 0. The minimum atomic E-state index is 0.650. The summed E-state index contributed by atoms with van der Waals surface area (Å²) in [6.07, 6.45) is 7.11. The smallest absolute Gasteiger partial charge is 0.121 e. The first-order valence-electron chi connectivity index (χ1n) is 7.94. The fraction of sp³-hybridized carbons (Fsp3) is 0.706. The highest BCUT2D eigenvalue weighted by Gasteiger charge is 2.49. The number of hydrogen-bond donors (Lipinski definition) is 1. The number of nitriles is 1. The number of hydrogen-bond acceptors (Lipinski definition) is 2. The van der Waals surface area contributed by atoms with Crippen molar-refractivity contribution in [3.8, 4) is 6.07 Å². The maximum Gasteiger partial charge on any atom is 0.121 e. The van der Waals surface area contributed by atoms with E-state index in [1.807, 2.05) is 7.05 Å². The molecule has 0 atom stereocenters. The SMILES string of the molecule is Cc1c(C#N)c(N)n(C)c1C1C2CC3CC(C2)CC1C3. The molecule has 3 heteroatoms. The minimum absolute atomic E-state index is 0.650. The number of aromatic nitrogens is 1. The molecule has 2 N–H and O–H groups in total. The summed E-state index contributed by atoms with van der Waals surface area (Å²) in [5.74, 6) is 4.96. The van der Waals surface area contributed by atoms with Crippen LogP contribution in [0.3, 0.4) is 0 Å². The summed E-state index contributed by atoms with van der Waals surface area (Å²) in [5.41, 5.74) is 9.37. The van der Waals surface area contributed by atoms with Gasteiger partial charge in [-0.15, -0.1) is 0 Å². The van der Waals surface area contributed by atoms with Crippen LogP contribution in [0.2, 0.25) is 0 Å². The van der Waals surface area contributed by atoms with Crippen LogP contribution < -0.4 is 5.73 Å². The van der Waals surface area contributed by atoms with Crippen molar-refractivity contribution in [3.63, 3.8) is 0 Å². The lowest BCUT2D eigenvalue weighted by atomic mass is 9.51. The normalized spacial score (nSPS) is 38.1. The van der Waals surface area contributed by atoms with Gasteiger partial charge in [-0.05, 0) is 68.3 Å². The van der Waals surface area contributed by atoms with Crippen LogP contribution in [0.4, 0.5) is 5.82 Å². The maximum atomic E-state index is 9.34. The quantitative estimate of drug-likeness (QED) is 0.850. The van der Waals surface area contributed by atoms with Crippen molar-refractivity contribution in [1.82, 2.24) is 4.57 Å². The predicted molar refractivity (Wildman–Crippen MR) is 79.1 cm³/mol. The highest BCUT2D eigenvalue weighted by Crippen LogP contribution is 2.60. The molecule has 0 aliphatic heterocycles. The molecule has 0 spiro atoms. The number of nitrogen functional groups attached to an aromatic ring is 1. The molecule has 1 aromatic rings. The van der Waals surface area contributed by atoms with Crippen LogP contribution in [0.1, 0.15) is 54.8 Å². The number of nitrogens with zero attached hydrogens (tertiary/aromatic N) is 2. The number of nitrogens with two attached hydrogens (primary N) is 1. The zero-order chi connectivity index (χ0) is 14.0. The van der Waals surface area contributed by atoms with Crippen LogP contribution in [0.25, 0.3) is 0 Å². The van der Waals surface area contributed by atoms with E-state index in [-0.39, 0.29) is 0 Å². The largest absolute Gasteiger partial charge is 0.384 e. The van der Waals surface area contributed by atoms with E-state index in [9.17, 15) is 5.26 Å². The summed E-state index contributed by atoms with van der Waals surface area (Å²) in [4.78, 5) is 0. The average Bonchev–Trinajstić information content (AvgIpc) is 2.61. The van der Waals surface area contributed by atoms with E-state index in [4.69, 9.17) is 5.73 Å². The third-order valence-electron chi connectivity index (χ3n) is 6.39. The topological polar surface area (TPSA) is 54.7 Å². The molecule has 0 amide bonds. The van der Waals surface area contributed by atoms with Gasteiger partial charge in [0, 0.05) is 18.7 Å². The van der Waals surface area contributed by atoms with Crippen molar-refractivity contribution >= 4 is 5.82 Å². The Hall–Kier alpha value is -1.43. The van der Waals surface area contributed by atoms with E-state index in [1.54, 1.807) is 0 Å². The fourth-order valence-corrected chi connectivity index (χ4v) is 5.86. The van der Waals surface area contributed by atoms with Gasteiger partial charge in [0.25, 0.3) is 0 Å². The Morgan fingerprint density at radius 2 is 1.65 bits per heavy atom. The monoisotopic (exact) mass is 269 g/mol. The molecule has 3 nitrogen and oxygen atoms in total. The maximum absolute atomic E-state index is 9.34. The Bertz CT molecular complexity index is 577. The molecule has 4 aliphatic rings. The zero-order valence-corrected chi connectivity index (χ0v) is 12.4. The second kappa shape index (κ2) is 4.04. The van der Waals surface area contributed by atoms with Crippen LogP contribution in [-0.4, -0.2) is 4.57 Å². The van der Waals surface area contributed by atoms with Gasteiger partial charge in [-0.1, -0.05) is 0 Å². The molecule has 0 unspecified atom stereocenters. The summed E-state index contributed by atoms with van der Waals surface area (Å²) < 4.78 is 2.11. The van der Waals surface area contributed by atoms with Gasteiger partial charge in [-0.25, -0.2) is 0 Å². The summed E-state index contributed by atoms with van der Waals surface area (Å²) in [6.45, 7) is 2.09. The van der Waals surface area contributed by atoms with Gasteiger partial charge in [0.05, 0.1) is 5.56 Å². The van der Waals surface area contributed by atoms with Gasteiger partial charge in [0.1, 0.15) is 11.9 Å². The average molecular weight is 269 g/mol. The predicted octanol–water partition coefficient (Wildman–Crippen LogP) is 3.33. The van der Waals surface area contributed by atoms with Crippen LogP contribution in [0.15, 0.2) is 0 Å². The highest BCUT2D eigenvalue weighted by atomic mass is 15.0. The zero-order valence-electron chi connectivity index (χ0n) is 12.4. The summed E-state index contributed by atoms with van der Waals surface area (Å²) in [5, 5.41) is 9.34. The lowest BCUT2D eigenvalue weighted by Crippen LogP contribution is -2.44. The van der Waals surface area contributed by atoms with E-state index in [2.05, 4.69) is 17.6 Å². The molecule has 0 aromatic carbocycles. The van der Waals surface area contributed by atoms with Crippen molar-refractivity contribution in [1.29, 1.82) is 5.26 Å². The van der Waals surface area contributed by atoms with Crippen LogP contribution >= 0.6 is 0 Å². The molecule has 1 aromatic heterocycles. The number of rotatable bonds is 1. The van der Waals surface area contributed by atoms with Crippen molar-refractivity contribution < 1.29 is 0 Å². The first-order valence-corrected chi connectivity index (χ1v) is 7.94. The molecule has 0 radical (unpaired) electrons. The molecule has 1 heterocycles. The summed E-state index contributed by atoms with van der Waals surface area (Å²) in [6, 6.07) is 2.30. The first kappa shape index (κ1) is 12.3. The highest BCUT2D eigenvalue weighted by molar-refractivity contribution is 5.58. The first-order chi connectivity index (χ1) is 9.60. The number of anilines is 1. The molecule has 4 bridgehead atoms. The van der Waals surface area contributed by atoms with E-state index in [0.717, 1.165) is 29.2 Å². The molecule has 106 valence electrons. The Kier molecular flexibility index (Phi) is 2.49. The third-order valence-corrected chi connectivity index (χ3v) is 6.39. The van der Waals surface area contributed by atoms with Gasteiger partial charge in [-0.2, -0.15) is 5.26 Å². The Morgan fingerprint density at radius 3 is 2.10 bits per heavy atom. The van der Waals surface area contributed by atoms with Crippen LogP contribution in [0.5, 0.6) is 0 Å². The van der Waals surface area contributed by atoms with Gasteiger partial charge in [-0.3, -0.25) is 0 Å². The molecule has 5 rings (SSSR count). The lowest BCUT2D eigenvalue weighted by Gasteiger charge is -2.54. The van der Waals surface area contributed by atoms with Gasteiger partial charge >= 0.3 is 0 Å². The van der Waals surface area contributed by atoms with Crippen molar-refractivity contribution in [2.75, 3.05) is 5.73 Å². The minimum Gasteiger partial charge on any atom is -0.384 e. The van der Waals surface area contributed by atoms with Gasteiger partial charge < -0.3 is 10.3 Å². The standard InChI is InChI=1S/C17H23N3/c1-9-14(8-18)17(19)20(2)16(9)15-12-4-10-3-11(6-12)7-13(15)5-10/h10-13,15H,3-7,19H2,1-2H3. The van der Waals surface area contributed by atoms with E-state index in [0.29, 0.717) is 17.3 Å². The lowest BCUT2D eigenvalue weighted by molar-refractivity contribution is -0.00516. The van der Waals surface area contributed by atoms with E-state index in [1.165, 1.54) is 37.8 Å². The Morgan fingerprint density at radius 1 is 1.10 bits per heavy atom. The Labute approximate surface area is 120 Å². The second-order valence-electron chi connectivity index (χ2n) is 7.40. The van der Waals surface area contributed by atoms with E-state index >= 15 is 0 Å².